The van der Waals surface area contributed by atoms with Gasteiger partial charge in [0.05, 0.1) is 10.9 Å². The third-order valence-corrected chi connectivity index (χ3v) is 5.88. The van der Waals surface area contributed by atoms with Gasteiger partial charge in [0.2, 0.25) is 11.1 Å². The van der Waals surface area contributed by atoms with Gasteiger partial charge in [0.25, 0.3) is 0 Å². The zero-order valence-corrected chi connectivity index (χ0v) is 15.8. The van der Waals surface area contributed by atoms with E-state index in [0.29, 0.717) is 11.2 Å². The Hall–Kier alpha value is -1.89. The van der Waals surface area contributed by atoms with E-state index in [1.54, 1.807) is 4.68 Å². The lowest BCUT2D eigenvalue weighted by atomic mass is 9.95. The number of carbonyl (C=O) groups is 1. The van der Waals surface area contributed by atoms with Crippen LogP contribution in [0.2, 0.25) is 0 Å². The van der Waals surface area contributed by atoms with Crippen molar-refractivity contribution in [2.45, 2.75) is 69.3 Å². The van der Waals surface area contributed by atoms with E-state index in [1.807, 2.05) is 19.1 Å². The molecule has 1 amide bonds. The largest absolute Gasteiger partial charge is 0.352 e. The van der Waals surface area contributed by atoms with Gasteiger partial charge in [0, 0.05) is 6.04 Å². The highest BCUT2D eigenvalue weighted by molar-refractivity contribution is 8.00. The molecule has 3 rings (SSSR count). The predicted molar refractivity (Wildman–Crippen MR) is 99.0 cm³/mol. The Bertz CT molecular complexity index is 739. The molecule has 1 saturated carbocycles. The maximum atomic E-state index is 12.5. The van der Waals surface area contributed by atoms with Gasteiger partial charge in [0.1, 0.15) is 0 Å². The Labute approximate surface area is 152 Å². The minimum absolute atomic E-state index is 0.0624. The van der Waals surface area contributed by atoms with Gasteiger partial charge in [-0.1, -0.05) is 43.2 Å². The van der Waals surface area contributed by atoms with Gasteiger partial charge in [-0.05, 0) is 61.2 Å². The van der Waals surface area contributed by atoms with Crippen molar-refractivity contribution in [3.8, 4) is 5.69 Å². The lowest BCUT2D eigenvalue weighted by Gasteiger charge is -2.24. The molecule has 0 bridgehead atoms. The molecule has 1 aromatic carbocycles. The molecule has 25 heavy (non-hydrogen) atoms. The minimum Gasteiger partial charge on any atom is -0.352 e. The fourth-order valence-corrected chi connectivity index (χ4v) is 3.96. The second kappa shape index (κ2) is 7.99. The number of nitrogens with one attached hydrogen (secondary N) is 1. The zero-order chi connectivity index (χ0) is 17.8. The van der Waals surface area contributed by atoms with Crippen molar-refractivity contribution in [1.29, 1.82) is 0 Å². The van der Waals surface area contributed by atoms with E-state index < -0.39 is 0 Å². The Morgan fingerprint density at radius 3 is 2.80 bits per heavy atom. The normalized spacial score (nSPS) is 16.6. The van der Waals surface area contributed by atoms with Crippen LogP contribution in [-0.4, -0.2) is 37.4 Å². The topological polar surface area (TPSA) is 72.7 Å². The molecule has 1 atom stereocenters. The van der Waals surface area contributed by atoms with Gasteiger partial charge >= 0.3 is 0 Å². The molecular formula is C18H25N5OS. The average Bonchev–Trinajstić information content (AvgIpc) is 3.06. The molecule has 1 N–H and O–H groups in total. The third-order valence-electron chi connectivity index (χ3n) is 4.85. The van der Waals surface area contributed by atoms with Crippen LogP contribution in [-0.2, 0) is 4.79 Å². The summed E-state index contributed by atoms with van der Waals surface area (Å²) in [6.45, 7) is 6.03. The van der Waals surface area contributed by atoms with Crippen LogP contribution in [0, 0.1) is 13.8 Å². The number of hydrogen-bond donors (Lipinski definition) is 1. The van der Waals surface area contributed by atoms with Gasteiger partial charge < -0.3 is 5.32 Å². The molecule has 1 aromatic heterocycles. The van der Waals surface area contributed by atoms with E-state index in [2.05, 4.69) is 40.8 Å². The van der Waals surface area contributed by atoms with E-state index in [1.165, 1.54) is 36.6 Å². The zero-order valence-electron chi connectivity index (χ0n) is 15.0. The smallest absolute Gasteiger partial charge is 0.233 e. The number of thioether (sulfide) groups is 1. The summed E-state index contributed by atoms with van der Waals surface area (Å²) >= 11 is 1.40. The van der Waals surface area contributed by atoms with Crippen LogP contribution in [0.3, 0.4) is 0 Å². The molecule has 1 fully saturated rings. The van der Waals surface area contributed by atoms with Crippen LogP contribution in [0.5, 0.6) is 0 Å². The van der Waals surface area contributed by atoms with Crippen LogP contribution in [0.4, 0.5) is 0 Å². The summed E-state index contributed by atoms with van der Waals surface area (Å²) in [6.07, 6.45) is 5.86. The van der Waals surface area contributed by atoms with Crippen molar-refractivity contribution >= 4 is 17.7 Å². The Balaban J connectivity index is 1.70. The van der Waals surface area contributed by atoms with Crippen molar-refractivity contribution in [3.63, 3.8) is 0 Å². The number of rotatable bonds is 5. The van der Waals surface area contributed by atoms with E-state index in [-0.39, 0.29) is 11.2 Å². The SMILES string of the molecule is Cc1cccc(-n2nnnc2S[C@H](C)C(=O)NC2CCCCC2)c1C. The second-order valence-corrected chi connectivity index (χ2v) is 8.00. The molecule has 0 radical (unpaired) electrons. The van der Waals surface area contributed by atoms with Gasteiger partial charge in [-0.2, -0.15) is 4.68 Å². The van der Waals surface area contributed by atoms with E-state index in [4.69, 9.17) is 0 Å². The first-order chi connectivity index (χ1) is 12.1. The number of amides is 1. The summed E-state index contributed by atoms with van der Waals surface area (Å²) in [5.41, 5.74) is 3.27. The number of hydrogen-bond acceptors (Lipinski definition) is 5. The summed E-state index contributed by atoms with van der Waals surface area (Å²) in [5.74, 6) is 0.0624. The molecule has 0 spiro atoms. The molecule has 0 saturated heterocycles. The van der Waals surface area contributed by atoms with Crippen molar-refractivity contribution in [2.75, 3.05) is 0 Å². The summed E-state index contributed by atoms with van der Waals surface area (Å²) < 4.78 is 1.72. The molecule has 2 aromatic rings. The quantitative estimate of drug-likeness (QED) is 0.830. The monoisotopic (exact) mass is 359 g/mol. The van der Waals surface area contributed by atoms with E-state index in [9.17, 15) is 4.79 Å². The summed E-state index contributed by atoms with van der Waals surface area (Å²) in [4.78, 5) is 12.5. The van der Waals surface area contributed by atoms with E-state index >= 15 is 0 Å². The fourth-order valence-electron chi connectivity index (χ4n) is 3.15. The molecule has 1 heterocycles. The van der Waals surface area contributed by atoms with Gasteiger partial charge in [-0.15, -0.1) is 5.10 Å². The number of aromatic nitrogens is 4. The molecule has 0 aliphatic heterocycles. The maximum Gasteiger partial charge on any atom is 0.233 e. The lowest BCUT2D eigenvalue weighted by Crippen LogP contribution is -2.40. The molecular weight excluding hydrogens is 334 g/mol. The van der Waals surface area contributed by atoms with Crippen LogP contribution in [0.15, 0.2) is 23.4 Å². The number of nitrogens with zero attached hydrogens (tertiary/aromatic N) is 4. The summed E-state index contributed by atoms with van der Waals surface area (Å²) in [5, 5.41) is 15.6. The number of benzene rings is 1. The van der Waals surface area contributed by atoms with Crippen molar-refractivity contribution in [1.82, 2.24) is 25.5 Å². The molecule has 7 heteroatoms. The first kappa shape index (κ1) is 17.9. The maximum absolute atomic E-state index is 12.5. The van der Waals surface area contributed by atoms with Crippen molar-refractivity contribution in [3.05, 3.63) is 29.3 Å². The van der Waals surface area contributed by atoms with Crippen LogP contribution >= 0.6 is 11.8 Å². The first-order valence-corrected chi connectivity index (χ1v) is 9.76. The standard InChI is InChI=1S/C18H25N5OS/c1-12-8-7-11-16(13(12)2)23-18(20-21-22-23)25-14(3)17(24)19-15-9-5-4-6-10-15/h7-8,11,14-15H,4-6,9-10H2,1-3H3,(H,19,24)/t14-/m1/s1. The van der Waals surface area contributed by atoms with Crippen LogP contribution in [0.1, 0.15) is 50.2 Å². The molecule has 1 aliphatic rings. The predicted octanol–water partition coefficient (Wildman–Crippen LogP) is 3.21. The molecule has 1 aliphatic carbocycles. The number of aryl methyl sites for hydroxylation is 1. The summed E-state index contributed by atoms with van der Waals surface area (Å²) in [7, 11) is 0. The highest BCUT2D eigenvalue weighted by Gasteiger charge is 2.23. The molecule has 134 valence electrons. The lowest BCUT2D eigenvalue weighted by molar-refractivity contribution is -0.121. The van der Waals surface area contributed by atoms with Crippen molar-refractivity contribution < 1.29 is 4.79 Å². The van der Waals surface area contributed by atoms with Crippen LogP contribution in [0.25, 0.3) is 5.69 Å². The van der Waals surface area contributed by atoms with E-state index in [0.717, 1.165) is 24.1 Å². The van der Waals surface area contributed by atoms with Gasteiger partial charge in [0.15, 0.2) is 0 Å². The number of tetrazole rings is 1. The van der Waals surface area contributed by atoms with Gasteiger partial charge in [-0.3, -0.25) is 4.79 Å². The fraction of sp³-hybridized carbons (Fsp3) is 0.556. The van der Waals surface area contributed by atoms with Crippen LogP contribution < -0.4 is 5.32 Å². The molecule has 0 unspecified atom stereocenters. The Morgan fingerprint density at radius 2 is 2.04 bits per heavy atom. The average molecular weight is 359 g/mol. The number of carbonyl (C=O) groups excluding carboxylic acids is 1. The molecule has 6 nitrogen and oxygen atoms in total. The minimum atomic E-state index is -0.239. The third kappa shape index (κ3) is 4.21. The highest BCUT2D eigenvalue weighted by Crippen LogP contribution is 2.26. The second-order valence-electron chi connectivity index (χ2n) is 6.70. The highest BCUT2D eigenvalue weighted by atomic mass is 32.2. The first-order valence-electron chi connectivity index (χ1n) is 8.88. The Kier molecular flexibility index (Phi) is 5.73. The Morgan fingerprint density at radius 1 is 1.28 bits per heavy atom. The van der Waals surface area contributed by atoms with Gasteiger partial charge in [-0.25, -0.2) is 0 Å². The van der Waals surface area contributed by atoms with Crippen molar-refractivity contribution in [2.24, 2.45) is 0 Å². The summed E-state index contributed by atoms with van der Waals surface area (Å²) in [6, 6.07) is 6.37.